The van der Waals surface area contributed by atoms with Crippen LogP contribution in [0.15, 0.2) is 5.38 Å². The molecule has 0 bridgehead atoms. The fourth-order valence-corrected chi connectivity index (χ4v) is 3.37. The smallest absolute Gasteiger partial charge is 0.323 e. The summed E-state index contributed by atoms with van der Waals surface area (Å²) in [6, 6.07) is 0. The fraction of sp³-hybridized carbons (Fsp3) is 0.643. The first kappa shape index (κ1) is 18.0. The molecule has 1 aromatic heterocycles. The molecule has 0 unspecified atom stereocenters. The van der Waals surface area contributed by atoms with Crippen LogP contribution in [-0.4, -0.2) is 45.7 Å². The zero-order valence-corrected chi connectivity index (χ0v) is 14.3. The molecule has 1 rings (SSSR count). The number of carboxylic acid groups (broad SMARTS) is 1. The van der Waals surface area contributed by atoms with Gasteiger partial charge in [-0.2, -0.15) is 11.8 Å². The Morgan fingerprint density at radius 1 is 1.48 bits per heavy atom. The molecule has 0 aliphatic carbocycles. The van der Waals surface area contributed by atoms with Gasteiger partial charge in [0.05, 0.1) is 10.7 Å². The molecule has 118 valence electrons. The third-order valence-corrected chi connectivity index (χ3v) is 4.46. The van der Waals surface area contributed by atoms with E-state index >= 15 is 0 Å². The molecule has 1 aromatic rings. The van der Waals surface area contributed by atoms with Crippen LogP contribution in [0.3, 0.4) is 0 Å². The largest absolute Gasteiger partial charge is 0.480 e. The van der Waals surface area contributed by atoms with Gasteiger partial charge in [0, 0.05) is 29.9 Å². The maximum atomic E-state index is 12.1. The van der Waals surface area contributed by atoms with Crippen molar-refractivity contribution in [3.05, 3.63) is 16.1 Å². The van der Waals surface area contributed by atoms with Crippen molar-refractivity contribution in [1.82, 2.24) is 9.88 Å². The predicted molar refractivity (Wildman–Crippen MR) is 86.7 cm³/mol. The number of hydrogen-bond acceptors (Lipinski definition) is 5. The minimum Gasteiger partial charge on any atom is -0.480 e. The molecule has 0 saturated heterocycles. The number of thiazole rings is 1. The van der Waals surface area contributed by atoms with Crippen LogP contribution in [0.2, 0.25) is 0 Å². The van der Waals surface area contributed by atoms with Crippen molar-refractivity contribution in [2.45, 2.75) is 32.9 Å². The van der Waals surface area contributed by atoms with E-state index in [9.17, 15) is 9.59 Å². The standard InChI is InChI=1S/C14H22N2O3S2/c1-10(2)6-16(7-14(18)19)13(17)4-5-20-8-12-9-21-11(3)15-12/h9-10H,4-8H2,1-3H3,(H,18,19). The summed E-state index contributed by atoms with van der Waals surface area (Å²) >= 11 is 3.27. The summed E-state index contributed by atoms with van der Waals surface area (Å²) in [6.07, 6.45) is 0.369. The number of carbonyl (C=O) groups excluding carboxylic acids is 1. The second-order valence-electron chi connectivity index (χ2n) is 5.22. The Hall–Kier alpha value is -1.08. The maximum absolute atomic E-state index is 12.1. The molecule has 0 aliphatic heterocycles. The highest BCUT2D eigenvalue weighted by atomic mass is 32.2. The zero-order chi connectivity index (χ0) is 15.8. The topological polar surface area (TPSA) is 70.5 Å². The summed E-state index contributed by atoms with van der Waals surface area (Å²) in [5, 5.41) is 11.9. The number of aromatic nitrogens is 1. The number of nitrogens with zero attached hydrogens (tertiary/aromatic N) is 2. The fourth-order valence-electron chi connectivity index (χ4n) is 1.83. The van der Waals surface area contributed by atoms with Gasteiger partial charge in [0.15, 0.2) is 0 Å². The molecule has 0 fully saturated rings. The quantitative estimate of drug-likeness (QED) is 0.705. The molecule has 0 atom stereocenters. The maximum Gasteiger partial charge on any atom is 0.323 e. The highest BCUT2D eigenvalue weighted by Crippen LogP contribution is 2.16. The molecule has 0 radical (unpaired) electrons. The Bertz CT molecular complexity index is 475. The number of carboxylic acids is 1. The van der Waals surface area contributed by atoms with Gasteiger partial charge in [0.25, 0.3) is 0 Å². The third kappa shape index (κ3) is 7.47. The lowest BCUT2D eigenvalue weighted by atomic mass is 10.2. The van der Waals surface area contributed by atoms with Crippen molar-refractivity contribution in [3.63, 3.8) is 0 Å². The van der Waals surface area contributed by atoms with E-state index in [1.165, 1.54) is 4.90 Å². The molecular weight excluding hydrogens is 308 g/mol. The lowest BCUT2D eigenvalue weighted by molar-refractivity contribution is -0.144. The average molecular weight is 330 g/mol. The Labute approximate surface area is 133 Å². The molecule has 7 heteroatoms. The van der Waals surface area contributed by atoms with Crippen molar-refractivity contribution in [3.8, 4) is 0 Å². The Morgan fingerprint density at radius 2 is 2.19 bits per heavy atom. The van der Waals surface area contributed by atoms with Crippen LogP contribution in [0.5, 0.6) is 0 Å². The Morgan fingerprint density at radius 3 is 2.71 bits per heavy atom. The predicted octanol–water partition coefficient (Wildman–Crippen LogP) is 2.64. The molecule has 1 N–H and O–H groups in total. The van der Waals surface area contributed by atoms with Crippen LogP contribution in [0.4, 0.5) is 0 Å². The van der Waals surface area contributed by atoms with E-state index in [1.807, 2.05) is 26.2 Å². The second kappa shape index (κ2) is 9.04. The monoisotopic (exact) mass is 330 g/mol. The van der Waals surface area contributed by atoms with Crippen LogP contribution in [-0.2, 0) is 15.3 Å². The van der Waals surface area contributed by atoms with Gasteiger partial charge in [-0.15, -0.1) is 11.3 Å². The first-order chi connectivity index (χ1) is 9.88. The molecule has 1 heterocycles. The van der Waals surface area contributed by atoms with Crippen LogP contribution >= 0.6 is 23.1 Å². The van der Waals surface area contributed by atoms with Crippen LogP contribution in [0.25, 0.3) is 0 Å². The highest BCUT2D eigenvalue weighted by Gasteiger charge is 2.17. The van der Waals surface area contributed by atoms with Crippen LogP contribution < -0.4 is 0 Å². The van der Waals surface area contributed by atoms with Crippen molar-refractivity contribution in [1.29, 1.82) is 0 Å². The van der Waals surface area contributed by atoms with Crippen molar-refractivity contribution in [2.75, 3.05) is 18.8 Å². The van der Waals surface area contributed by atoms with Crippen LogP contribution in [0, 0.1) is 12.8 Å². The molecule has 1 amide bonds. The summed E-state index contributed by atoms with van der Waals surface area (Å²) in [5.74, 6) is 0.686. The SMILES string of the molecule is Cc1nc(CSCCC(=O)N(CC(=O)O)CC(C)C)cs1. The molecule has 21 heavy (non-hydrogen) atoms. The minimum atomic E-state index is -0.963. The lowest BCUT2D eigenvalue weighted by Crippen LogP contribution is -2.38. The van der Waals surface area contributed by atoms with Gasteiger partial charge in [-0.1, -0.05) is 13.8 Å². The van der Waals surface area contributed by atoms with E-state index in [4.69, 9.17) is 5.11 Å². The van der Waals surface area contributed by atoms with E-state index in [2.05, 4.69) is 4.98 Å². The minimum absolute atomic E-state index is 0.0898. The van der Waals surface area contributed by atoms with Crippen LogP contribution in [0.1, 0.15) is 31.0 Å². The second-order valence-corrected chi connectivity index (χ2v) is 7.39. The van der Waals surface area contributed by atoms with Crippen molar-refractivity contribution >= 4 is 35.0 Å². The van der Waals surface area contributed by atoms with Crippen molar-refractivity contribution in [2.24, 2.45) is 5.92 Å². The van der Waals surface area contributed by atoms with Crippen molar-refractivity contribution < 1.29 is 14.7 Å². The number of aliphatic carboxylic acids is 1. The Kier molecular flexibility index (Phi) is 7.74. The number of thioether (sulfide) groups is 1. The summed E-state index contributed by atoms with van der Waals surface area (Å²) in [5.41, 5.74) is 1.04. The molecule has 0 saturated carbocycles. The van der Waals surface area contributed by atoms with Gasteiger partial charge in [0.1, 0.15) is 6.54 Å². The Balaban J connectivity index is 2.33. The van der Waals surface area contributed by atoms with Gasteiger partial charge in [-0.3, -0.25) is 9.59 Å². The summed E-state index contributed by atoms with van der Waals surface area (Å²) < 4.78 is 0. The molecule has 5 nitrogen and oxygen atoms in total. The summed E-state index contributed by atoms with van der Waals surface area (Å²) in [6.45, 7) is 6.19. The van der Waals surface area contributed by atoms with Gasteiger partial charge < -0.3 is 10.0 Å². The van der Waals surface area contributed by atoms with E-state index in [0.717, 1.165) is 16.5 Å². The third-order valence-electron chi connectivity index (χ3n) is 2.64. The van der Waals surface area contributed by atoms with E-state index in [-0.39, 0.29) is 18.4 Å². The molecule has 0 aliphatic rings. The van der Waals surface area contributed by atoms with E-state index < -0.39 is 5.97 Å². The normalized spacial score (nSPS) is 10.9. The highest BCUT2D eigenvalue weighted by molar-refractivity contribution is 7.98. The summed E-state index contributed by atoms with van der Waals surface area (Å²) in [4.78, 5) is 28.7. The number of amides is 1. The number of aryl methyl sites for hydroxylation is 1. The number of rotatable bonds is 9. The molecule has 0 aromatic carbocycles. The van der Waals surface area contributed by atoms with Gasteiger partial charge in [-0.05, 0) is 12.8 Å². The van der Waals surface area contributed by atoms with Gasteiger partial charge >= 0.3 is 5.97 Å². The van der Waals surface area contributed by atoms with E-state index in [0.29, 0.717) is 18.7 Å². The average Bonchev–Trinajstić information content (AvgIpc) is 2.78. The van der Waals surface area contributed by atoms with Gasteiger partial charge in [-0.25, -0.2) is 4.98 Å². The molecule has 0 spiro atoms. The first-order valence-corrected chi connectivity index (χ1v) is 8.90. The lowest BCUT2D eigenvalue weighted by Gasteiger charge is -2.22. The molecular formula is C14H22N2O3S2. The van der Waals surface area contributed by atoms with Gasteiger partial charge in [0.2, 0.25) is 5.91 Å². The first-order valence-electron chi connectivity index (χ1n) is 6.86. The number of carbonyl (C=O) groups is 2. The summed E-state index contributed by atoms with van der Waals surface area (Å²) in [7, 11) is 0. The van der Waals surface area contributed by atoms with E-state index in [1.54, 1.807) is 23.1 Å². The zero-order valence-electron chi connectivity index (χ0n) is 12.7. The number of hydrogen-bond donors (Lipinski definition) is 1.